The largest absolute Gasteiger partial charge is 0.479 e. The number of azide groups is 1. The van der Waals surface area contributed by atoms with Gasteiger partial charge in [-0.1, -0.05) is 19.0 Å². The zero-order chi connectivity index (χ0) is 14.3. The number of nitrogens with zero attached hydrogens (tertiary/aromatic N) is 3. The van der Waals surface area contributed by atoms with Crippen molar-refractivity contribution in [2.45, 2.75) is 40.2 Å². The molecule has 18 heavy (non-hydrogen) atoms. The molecule has 0 amide bonds. The molecule has 0 aromatic rings. The number of hydrogen-bond donors (Lipinski definition) is 1. The Morgan fingerprint density at radius 3 is 2.39 bits per heavy atom. The van der Waals surface area contributed by atoms with Gasteiger partial charge < -0.3 is 9.84 Å². The van der Waals surface area contributed by atoms with Gasteiger partial charge in [0, 0.05) is 11.5 Å². The Labute approximate surface area is 106 Å². The summed E-state index contributed by atoms with van der Waals surface area (Å²) in [7, 11) is 0. The van der Waals surface area contributed by atoms with Gasteiger partial charge in [-0.3, -0.25) is 4.79 Å². The van der Waals surface area contributed by atoms with Crippen LogP contribution in [0.2, 0.25) is 0 Å². The Morgan fingerprint density at radius 1 is 1.44 bits per heavy atom. The average Bonchev–Trinajstić information content (AvgIpc) is 2.24. The maximum absolute atomic E-state index is 11.8. The Morgan fingerprint density at radius 2 is 2.00 bits per heavy atom. The van der Waals surface area contributed by atoms with Crippen molar-refractivity contribution in [2.24, 2.45) is 16.4 Å². The Hall–Kier alpha value is -1.75. The van der Waals surface area contributed by atoms with Crippen LogP contribution in [-0.4, -0.2) is 29.7 Å². The molecule has 0 unspecified atom stereocenters. The van der Waals surface area contributed by atoms with E-state index in [1.165, 1.54) is 13.8 Å². The van der Waals surface area contributed by atoms with Crippen LogP contribution in [-0.2, 0) is 14.3 Å². The second-order valence-electron chi connectivity index (χ2n) is 5.13. The van der Waals surface area contributed by atoms with Gasteiger partial charge in [-0.05, 0) is 31.7 Å². The van der Waals surface area contributed by atoms with Gasteiger partial charge in [0.1, 0.15) is 0 Å². The van der Waals surface area contributed by atoms with Gasteiger partial charge >= 0.3 is 11.9 Å². The molecule has 1 N–H and O–H groups in total. The number of hydrogen-bond acceptors (Lipinski definition) is 4. The van der Waals surface area contributed by atoms with Gasteiger partial charge in [0.2, 0.25) is 0 Å². The third-order valence-corrected chi connectivity index (χ3v) is 2.29. The van der Waals surface area contributed by atoms with Crippen molar-refractivity contribution in [2.75, 3.05) is 6.54 Å². The number of carbonyl (C=O) groups is 2. The van der Waals surface area contributed by atoms with Crippen molar-refractivity contribution in [3.8, 4) is 0 Å². The summed E-state index contributed by atoms with van der Waals surface area (Å²) in [6.45, 7) is 6.69. The normalized spacial score (nSPS) is 12.7. The minimum Gasteiger partial charge on any atom is -0.479 e. The van der Waals surface area contributed by atoms with Gasteiger partial charge in [0.05, 0.1) is 5.41 Å². The van der Waals surface area contributed by atoms with Crippen molar-refractivity contribution in [1.82, 2.24) is 0 Å². The number of ether oxygens (including phenoxy) is 1. The van der Waals surface area contributed by atoms with Crippen molar-refractivity contribution in [3.05, 3.63) is 10.4 Å². The molecule has 0 aliphatic heterocycles. The highest BCUT2D eigenvalue weighted by atomic mass is 16.6. The lowest BCUT2D eigenvalue weighted by Gasteiger charge is -2.23. The average molecular weight is 257 g/mol. The number of carboxylic acids is 1. The fraction of sp³-hybridized carbons (Fsp3) is 0.818. The Kier molecular flexibility index (Phi) is 6.19. The lowest BCUT2D eigenvalue weighted by Crippen LogP contribution is -2.36. The van der Waals surface area contributed by atoms with Gasteiger partial charge in [0.25, 0.3) is 0 Å². The van der Waals surface area contributed by atoms with Crippen LogP contribution in [0.5, 0.6) is 0 Å². The molecule has 0 aromatic carbocycles. The Balaban J connectivity index is 4.68. The number of carboxylic acid groups (broad SMARTS) is 1. The van der Waals surface area contributed by atoms with Gasteiger partial charge in [-0.25, -0.2) is 4.79 Å². The summed E-state index contributed by atoms with van der Waals surface area (Å²) in [6.07, 6.45) is -0.915. The summed E-state index contributed by atoms with van der Waals surface area (Å²) in [5, 5.41) is 12.3. The van der Waals surface area contributed by atoms with Crippen LogP contribution in [0.15, 0.2) is 5.11 Å². The number of carbonyl (C=O) groups excluding carboxylic acids is 1. The van der Waals surface area contributed by atoms with E-state index < -0.39 is 23.5 Å². The molecule has 0 radical (unpaired) electrons. The van der Waals surface area contributed by atoms with E-state index in [1.807, 2.05) is 13.8 Å². The molecule has 0 saturated heterocycles. The van der Waals surface area contributed by atoms with Crippen molar-refractivity contribution in [3.63, 3.8) is 0 Å². The maximum atomic E-state index is 11.8. The van der Waals surface area contributed by atoms with Crippen LogP contribution >= 0.6 is 0 Å². The van der Waals surface area contributed by atoms with Crippen LogP contribution in [0.4, 0.5) is 0 Å². The predicted molar refractivity (Wildman–Crippen MR) is 64.8 cm³/mol. The minimum atomic E-state index is -1.17. The summed E-state index contributed by atoms with van der Waals surface area (Å²) < 4.78 is 4.96. The minimum absolute atomic E-state index is 0.0731. The quantitative estimate of drug-likeness (QED) is 0.326. The highest BCUT2D eigenvalue weighted by Crippen LogP contribution is 2.20. The van der Waals surface area contributed by atoms with Crippen LogP contribution in [0, 0.1) is 11.3 Å². The van der Waals surface area contributed by atoms with Crippen molar-refractivity contribution < 1.29 is 19.4 Å². The second kappa shape index (κ2) is 6.86. The summed E-state index contributed by atoms with van der Waals surface area (Å²) >= 11 is 0. The second-order valence-corrected chi connectivity index (χ2v) is 5.13. The van der Waals surface area contributed by atoms with Crippen LogP contribution in [0.25, 0.3) is 10.4 Å². The first-order valence-corrected chi connectivity index (χ1v) is 5.65. The summed E-state index contributed by atoms with van der Waals surface area (Å²) in [5.74, 6) is -1.75. The molecule has 0 saturated carbocycles. The highest BCUT2D eigenvalue weighted by molar-refractivity contribution is 5.81. The molecule has 0 spiro atoms. The first-order valence-electron chi connectivity index (χ1n) is 5.65. The highest BCUT2D eigenvalue weighted by Gasteiger charge is 2.33. The molecule has 0 bridgehead atoms. The zero-order valence-corrected chi connectivity index (χ0v) is 11.1. The number of esters is 1. The van der Waals surface area contributed by atoms with E-state index in [9.17, 15) is 9.59 Å². The lowest BCUT2D eigenvalue weighted by atomic mass is 9.94. The lowest BCUT2D eigenvalue weighted by molar-refractivity contribution is -0.171. The third-order valence-electron chi connectivity index (χ3n) is 2.29. The van der Waals surface area contributed by atoms with Gasteiger partial charge in [-0.2, -0.15) is 0 Å². The predicted octanol–water partition coefficient (Wildman–Crippen LogP) is 2.37. The summed E-state index contributed by atoms with van der Waals surface area (Å²) in [6, 6.07) is 0. The molecule has 0 aliphatic rings. The molecular formula is C11H19N3O4. The van der Waals surface area contributed by atoms with Crippen LogP contribution in [0.3, 0.4) is 0 Å². The fourth-order valence-electron chi connectivity index (χ4n) is 1.19. The van der Waals surface area contributed by atoms with Crippen molar-refractivity contribution >= 4 is 11.9 Å². The monoisotopic (exact) mass is 257 g/mol. The first-order chi connectivity index (χ1) is 8.20. The third kappa shape index (κ3) is 5.54. The van der Waals surface area contributed by atoms with Gasteiger partial charge in [0.15, 0.2) is 6.10 Å². The van der Waals surface area contributed by atoms with E-state index in [0.717, 1.165) is 0 Å². The van der Waals surface area contributed by atoms with E-state index >= 15 is 0 Å². The molecule has 0 aliphatic carbocycles. The van der Waals surface area contributed by atoms with E-state index in [4.69, 9.17) is 15.4 Å². The van der Waals surface area contributed by atoms with Crippen LogP contribution < -0.4 is 0 Å². The van der Waals surface area contributed by atoms with E-state index in [0.29, 0.717) is 0 Å². The number of rotatable bonds is 7. The molecule has 7 nitrogen and oxygen atoms in total. The fourth-order valence-corrected chi connectivity index (χ4v) is 1.19. The zero-order valence-electron chi connectivity index (χ0n) is 11.1. The Bertz CT molecular complexity index is 359. The van der Waals surface area contributed by atoms with E-state index in [-0.39, 0.29) is 18.9 Å². The molecule has 7 heteroatoms. The van der Waals surface area contributed by atoms with Crippen LogP contribution in [0.1, 0.15) is 34.1 Å². The number of aliphatic carboxylic acids is 1. The molecule has 0 fully saturated rings. The molecule has 1 atom stereocenters. The van der Waals surface area contributed by atoms with Gasteiger partial charge in [-0.15, -0.1) is 0 Å². The molecule has 0 aromatic heterocycles. The molecular weight excluding hydrogens is 238 g/mol. The molecule has 102 valence electrons. The molecule has 0 heterocycles. The summed E-state index contributed by atoms with van der Waals surface area (Å²) in [4.78, 5) is 25.3. The van der Waals surface area contributed by atoms with E-state index in [1.54, 1.807) is 0 Å². The maximum Gasteiger partial charge on any atom is 0.345 e. The SMILES string of the molecule is CC(C)C[C@H](OC(=O)C(C)(C)CN=[N+]=[N-])C(=O)O. The van der Waals surface area contributed by atoms with E-state index in [2.05, 4.69) is 10.0 Å². The van der Waals surface area contributed by atoms with Crippen molar-refractivity contribution in [1.29, 1.82) is 0 Å². The topological polar surface area (TPSA) is 112 Å². The summed E-state index contributed by atoms with van der Waals surface area (Å²) in [5.41, 5.74) is 7.18. The smallest absolute Gasteiger partial charge is 0.345 e. The first kappa shape index (κ1) is 16.2. The molecule has 0 rings (SSSR count). The standard InChI is InChI=1S/C11H19N3O4/c1-7(2)5-8(9(15)16)18-10(17)11(3,4)6-13-14-12/h7-8H,5-6H2,1-4H3,(H,15,16)/t8-/m0/s1.